The van der Waals surface area contributed by atoms with Gasteiger partial charge in [0.25, 0.3) is 0 Å². The predicted molar refractivity (Wildman–Crippen MR) is 37.5 cm³/mol. The van der Waals surface area contributed by atoms with Gasteiger partial charge >= 0.3 is 11.9 Å². The summed E-state index contributed by atoms with van der Waals surface area (Å²) in [6.45, 7) is 6.27. The highest BCUT2D eigenvalue weighted by molar-refractivity contribution is 5.88. The molecule has 4 nitrogen and oxygen atoms in total. The minimum Gasteiger partial charge on any atom is -0.460 e. The molecule has 0 aliphatic rings. The van der Waals surface area contributed by atoms with Crippen molar-refractivity contribution in [2.24, 2.45) is 0 Å². The Balaban J connectivity index is 3.83. The summed E-state index contributed by atoms with van der Waals surface area (Å²) < 4.78 is 8.85. The summed E-state index contributed by atoms with van der Waals surface area (Å²) in [6, 6.07) is 0. The molecular weight excluding hydrogens is 148 g/mol. The maximum absolute atomic E-state index is 10.7. The van der Waals surface area contributed by atoms with Gasteiger partial charge in [-0.25, -0.2) is 4.79 Å². The largest absolute Gasteiger partial charge is 0.460 e. The molecule has 0 aliphatic heterocycles. The van der Waals surface area contributed by atoms with Crippen LogP contribution in [0.15, 0.2) is 12.3 Å². The van der Waals surface area contributed by atoms with Crippen LogP contribution in [-0.2, 0) is 19.1 Å². The summed E-state index contributed by atoms with van der Waals surface area (Å²) in [5.74, 6) is -1.56. The Morgan fingerprint density at radius 2 is 2.00 bits per heavy atom. The Labute approximate surface area is 64.8 Å². The lowest BCUT2D eigenvalue weighted by molar-refractivity contribution is -0.149. The molecule has 0 amide bonds. The number of rotatable bonds is 3. The molecule has 0 heterocycles. The van der Waals surface area contributed by atoms with Gasteiger partial charge in [-0.15, -0.1) is 0 Å². The summed E-state index contributed by atoms with van der Waals surface area (Å²) in [7, 11) is 0. The van der Waals surface area contributed by atoms with Gasteiger partial charge in [0.1, 0.15) is 0 Å². The molecule has 0 aromatic heterocycles. The van der Waals surface area contributed by atoms with Crippen molar-refractivity contribution >= 4 is 11.9 Å². The van der Waals surface area contributed by atoms with E-state index < -0.39 is 11.9 Å². The normalized spacial score (nSPS) is 8.55. The molecule has 62 valence electrons. The Bertz CT molecular complexity index is 183. The topological polar surface area (TPSA) is 52.6 Å². The van der Waals surface area contributed by atoms with E-state index in [2.05, 4.69) is 16.1 Å². The third-order valence-electron chi connectivity index (χ3n) is 0.770. The molecule has 0 atom stereocenters. The van der Waals surface area contributed by atoms with Crippen LogP contribution in [0.4, 0.5) is 0 Å². The van der Waals surface area contributed by atoms with Crippen molar-refractivity contribution in [2.75, 3.05) is 6.61 Å². The Hall–Kier alpha value is -1.32. The quantitative estimate of drug-likeness (QED) is 0.343. The smallest absolute Gasteiger partial charge is 0.373 e. The van der Waals surface area contributed by atoms with E-state index in [-0.39, 0.29) is 12.4 Å². The van der Waals surface area contributed by atoms with Crippen molar-refractivity contribution in [2.45, 2.75) is 13.8 Å². The lowest BCUT2D eigenvalue weighted by Gasteiger charge is -2.02. The molecule has 0 rings (SSSR count). The number of hydrogen-bond donors (Lipinski definition) is 0. The monoisotopic (exact) mass is 158 g/mol. The van der Waals surface area contributed by atoms with E-state index in [1.165, 1.54) is 6.92 Å². The van der Waals surface area contributed by atoms with Crippen LogP contribution >= 0.6 is 0 Å². The molecule has 0 saturated heterocycles. The fraction of sp³-hybridized carbons (Fsp3) is 0.429. The summed E-state index contributed by atoms with van der Waals surface area (Å²) in [4.78, 5) is 21.0. The zero-order chi connectivity index (χ0) is 8.85. The number of esters is 2. The maximum atomic E-state index is 10.7. The highest BCUT2D eigenvalue weighted by atomic mass is 16.6. The van der Waals surface area contributed by atoms with Crippen LogP contribution in [0.1, 0.15) is 13.8 Å². The van der Waals surface area contributed by atoms with Gasteiger partial charge in [-0.2, -0.15) is 0 Å². The van der Waals surface area contributed by atoms with E-state index >= 15 is 0 Å². The fourth-order valence-corrected chi connectivity index (χ4v) is 0.427. The molecule has 0 radical (unpaired) electrons. The van der Waals surface area contributed by atoms with Gasteiger partial charge in [0, 0.05) is 6.92 Å². The first-order valence-corrected chi connectivity index (χ1v) is 3.12. The molecule has 0 aromatic rings. The molecule has 0 aromatic carbocycles. The minimum absolute atomic E-state index is 0.235. The van der Waals surface area contributed by atoms with Gasteiger partial charge in [-0.3, -0.25) is 4.79 Å². The molecule has 4 heteroatoms. The van der Waals surface area contributed by atoms with Gasteiger partial charge in [-0.05, 0) is 13.5 Å². The Morgan fingerprint density at radius 3 is 2.36 bits per heavy atom. The number of ether oxygens (including phenoxy) is 2. The SMILES string of the molecule is C=C(OC(C)=O)C(=O)OCC. The van der Waals surface area contributed by atoms with Crippen molar-refractivity contribution in [3.8, 4) is 0 Å². The van der Waals surface area contributed by atoms with Crippen molar-refractivity contribution in [3.63, 3.8) is 0 Å². The Morgan fingerprint density at radius 1 is 1.45 bits per heavy atom. The summed E-state index contributed by atoms with van der Waals surface area (Å²) in [6.07, 6.45) is 0. The minimum atomic E-state index is -0.706. The molecule has 0 unspecified atom stereocenters. The van der Waals surface area contributed by atoms with Gasteiger partial charge < -0.3 is 9.47 Å². The molecule has 0 bridgehead atoms. The van der Waals surface area contributed by atoms with Crippen LogP contribution < -0.4 is 0 Å². The van der Waals surface area contributed by atoms with E-state index in [9.17, 15) is 9.59 Å². The zero-order valence-electron chi connectivity index (χ0n) is 6.55. The third kappa shape index (κ3) is 4.13. The van der Waals surface area contributed by atoms with Crippen LogP contribution in [-0.4, -0.2) is 18.5 Å². The second kappa shape index (κ2) is 4.49. The van der Waals surface area contributed by atoms with Gasteiger partial charge in [-0.1, -0.05) is 0 Å². The van der Waals surface area contributed by atoms with Crippen molar-refractivity contribution in [1.82, 2.24) is 0 Å². The van der Waals surface area contributed by atoms with Crippen molar-refractivity contribution in [3.05, 3.63) is 12.3 Å². The number of carbonyl (C=O) groups is 2. The maximum Gasteiger partial charge on any atom is 0.373 e. The first kappa shape index (κ1) is 9.68. The van der Waals surface area contributed by atoms with E-state index in [1.807, 2.05) is 0 Å². The average molecular weight is 158 g/mol. The van der Waals surface area contributed by atoms with Crippen molar-refractivity contribution < 1.29 is 19.1 Å². The van der Waals surface area contributed by atoms with E-state index in [0.29, 0.717) is 0 Å². The highest BCUT2D eigenvalue weighted by Gasteiger charge is 2.10. The summed E-state index contributed by atoms with van der Waals surface area (Å²) in [5.41, 5.74) is 0. The van der Waals surface area contributed by atoms with Crippen molar-refractivity contribution in [1.29, 1.82) is 0 Å². The second-order valence-electron chi connectivity index (χ2n) is 1.74. The summed E-state index contributed by atoms with van der Waals surface area (Å²) >= 11 is 0. The zero-order valence-corrected chi connectivity index (χ0v) is 6.55. The van der Waals surface area contributed by atoms with Crippen LogP contribution in [0, 0.1) is 0 Å². The Kier molecular flexibility index (Phi) is 3.95. The molecule has 0 spiro atoms. The molecule has 0 N–H and O–H groups in total. The second-order valence-corrected chi connectivity index (χ2v) is 1.74. The lowest BCUT2D eigenvalue weighted by Crippen LogP contribution is -2.11. The third-order valence-corrected chi connectivity index (χ3v) is 0.770. The van der Waals surface area contributed by atoms with Crippen LogP contribution in [0.3, 0.4) is 0 Å². The molecule has 11 heavy (non-hydrogen) atoms. The first-order chi connectivity index (χ1) is 5.07. The molecule has 0 aliphatic carbocycles. The number of hydrogen-bond acceptors (Lipinski definition) is 4. The summed E-state index contributed by atoms with van der Waals surface area (Å²) in [5, 5.41) is 0. The van der Waals surface area contributed by atoms with Crippen LogP contribution in [0.25, 0.3) is 0 Å². The van der Waals surface area contributed by atoms with E-state index in [4.69, 9.17) is 0 Å². The van der Waals surface area contributed by atoms with Crippen LogP contribution in [0.5, 0.6) is 0 Å². The lowest BCUT2D eigenvalue weighted by atomic mass is 10.5. The molecule has 0 fully saturated rings. The van der Waals surface area contributed by atoms with Gasteiger partial charge in [0.15, 0.2) is 0 Å². The van der Waals surface area contributed by atoms with Crippen LogP contribution in [0.2, 0.25) is 0 Å². The van der Waals surface area contributed by atoms with E-state index in [1.54, 1.807) is 6.92 Å². The van der Waals surface area contributed by atoms with Gasteiger partial charge in [0.05, 0.1) is 6.61 Å². The fourth-order valence-electron chi connectivity index (χ4n) is 0.427. The first-order valence-electron chi connectivity index (χ1n) is 3.12. The van der Waals surface area contributed by atoms with E-state index in [0.717, 1.165) is 0 Å². The molecular formula is C7H10O4. The van der Waals surface area contributed by atoms with Gasteiger partial charge in [0.2, 0.25) is 5.76 Å². The number of carbonyl (C=O) groups excluding carboxylic acids is 2. The average Bonchev–Trinajstić information content (AvgIpc) is 1.86. The highest BCUT2D eigenvalue weighted by Crippen LogP contribution is 1.96. The molecule has 0 saturated carbocycles. The standard InChI is InChI=1S/C7H10O4/c1-4-10-7(9)5(2)11-6(3)8/h2,4H2,1,3H3. The predicted octanol–water partition coefficient (Wildman–Crippen LogP) is 0.626.